The van der Waals surface area contributed by atoms with Crippen LogP contribution >= 0.6 is 25.3 Å². The van der Waals surface area contributed by atoms with Crippen molar-refractivity contribution < 1.29 is 86.6 Å². The van der Waals surface area contributed by atoms with E-state index in [0.717, 1.165) is 0 Å². The topological polar surface area (TPSA) is 130 Å². The van der Waals surface area contributed by atoms with E-state index in [2.05, 4.69) is 30.6 Å². The molecule has 2 unspecified atom stereocenters. The predicted octanol–water partition coefficient (Wildman–Crippen LogP) is -7.70. The van der Waals surface area contributed by atoms with Crippen molar-refractivity contribution in [2.45, 2.75) is 19.0 Å². The van der Waals surface area contributed by atoms with Gasteiger partial charge < -0.3 is 24.1 Å². The first-order chi connectivity index (χ1) is 7.76. The Morgan fingerprint density at radius 3 is 1.52 bits per heavy atom. The van der Waals surface area contributed by atoms with Crippen LogP contribution in [0.25, 0.3) is 0 Å². The van der Waals surface area contributed by atoms with Crippen molar-refractivity contribution in [3.63, 3.8) is 0 Å². The van der Waals surface area contributed by atoms with Gasteiger partial charge in [0.25, 0.3) is 0 Å². The Labute approximate surface area is 186 Å². The zero-order chi connectivity index (χ0) is 14.0. The van der Waals surface area contributed by atoms with Crippen molar-refractivity contribution in [3.05, 3.63) is 0 Å². The van der Waals surface area contributed by atoms with Crippen LogP contribution in [-0.2, 0) is 14.4 Å². The molecule has 0 aliphatic heterocycles. The van der Waals surface area contributed by atoms with Crippen LogP contribution in [0.5, 0.6) is 0 Å². The van der Waals surface area contributed by atoms with E-state index in [0.29, 0.717) is 0 Å². The molecule has 5 N–H and O–H groups in total. The first kappa shape index (κ1) is 38.0. The molecule has 0 aliphatic carbocycles. The van der Waals surface area contributed by atoms with Crippen LogP contribution in [0, 0.1) is 0 Å². The van der Waals surface area contributed by atoms with Crippen LogP contribution in [0.2, 0.25) is 0 Å². The molecule has 0 aromatic heterocycles. The number of amides is 1. The zero-order valence-corrected chi connectivity index (χ0v) is 18.1. The molecule has 0 bridgehead atoms. The van der Waals surface area contributed by atoms with Gasteiger partial charge in [0.15, 0.2) is 0 Å². The molecule has 0 heterocycles. The molecule has 0 aromatic carbocycles. The number of hydrogen-bond acceptors (Lipinski definition) is 6. The third kappa shape index (κ3) is 26.4. The third-order valence-electron chi connectivity index (χ3n) is 1.37. The molecule has 110 valence electrons. The summed E-state index contributed by atoms with van der Waals surface area (Å²) in [5, 5.41) is 18.6. The van der Waals surface area contributed by atoms with Crippen LogP contribution < -0.4 is 70.2 Å². The van der Waals surface area contributed by atoms with E-state index in [1.54, 1.807) is 0 Å². The number of nitrogens with two attached hydrogens (primary N) is 1. The molecule has 0 aliphatic rings. The largest absolute Gasteiger partial charge is 1.00 e. The summed E-state index contributed by atoms with van der Waals surface area (Å²) in [7, 11) is 0. The van der Waals surface area contributed by atoms with Gasteiger partial charge >= 0.3 is 71.1 Å². The molecule has 0 saturated carbocycles. The van der Waals surface area contributed by atoms with Gasteiger partial charge in [-0.1, -0.05) is 0 Å². The molecule has 0 aromatic rings. The molecule has 2 atom stereocenters. The maximum absolute atomic E-state index is 10.3. The van der Waals surface area contributed by atoms with Gasteiger partial charge in [-0.2, -0.15) is 25.3 Å². The first-order valence-electron chi connectivity index (χ1n) is 4.46. The summed E-state index contributed by atoms with van der Waals surface area (Å²) < 4.78 is 0. The van der Waals surface area contributed by atoms with Crippen LogP contribution in [0.15, 0.2) is 0 Å². The predicted molar refractivity (Wildman–Crippen MR) is 82.3 cm³/mol. The van der Waals surface area contributed by atoms with Gasteiger partial charge in [0.2, 0.25) is 5.91 Å². The van der Waals surface area contributed by atoms with Crippen molar-refractivity contribution in [1.82, 2.24) is 5.32 Å². The van der Waals surface area contributed by atoms with Gasteiger partial charge in [0.1, 0.15) is 12.1 Å². The normalized spacial score (nSPS) is 10.3. The number of carbonyl (C=O) groups excluding carboxylic acids is 1. The van der Waals surface area contributed by atoms with Crippen LogP contribution in [0.4, 0.5) is 0 Å². The van der Waals surface area contributed by atoms with Crippen LogP contribution in [0.3, 0.4) is 0 Å². The summed E-state index contributed by atoms with van der Waals surface area (Å²) in [5.41, 5.74) is 4.94. The Kier molecular flexibility index (Phi) is 42.5. The average Bonchev–Trinajstić information content (AvgIpc) is 2.24. The fourth-order valence-corrected chi connectivity index (χ4v) is 0.913. The van der Waals surface area contributed by atoms with E-state index in [1.807, 2.05) is 0 Å². The first-order valence-corrected chi connectivity index (χ1v) is 5.72. The van der Waals surface area contributed by atoms with Crippen molar-refractivity contribution in [2.24, 2.45) is 5.73 Å². The number of nitrogens with one attached hydrogen (secondary N) is 1. The number of carboxylic acid groups (broad SMARTS) is 2. The molecule has 21 heavy (non-hydrogen) atoms. The second-order valence-electron chi connectivity index (χ2n) is 2.90. The molecule has 0 fully saturated rings. The van der Waals surface area contributed by atoms with Crippen LogP contribution in [-0.4, -0.2) is 68.5 Å². The van der Waals surface area contributed by atoms with E-state index in [-0.39, 0.29) is 96.2 Å². The van der Waals surface area contributed by atoms with Gasteiger partial charge in [0, 0.05) is 35.3 Å². The minimum absolute atomic E-state index is 0. The van der Waals surface area contributed by atoms with Gasteiger partial charge in [0.05, 0.1) is 0 Å². The Bertz CT molecular complexity index is 303. The molecule has 13 heteroatoms. The second-order valence-corrected chi connectivity index (χ2v) is 3.63. The molecule has 6 radical (unpaired) electrons. The summed E-state index contributed by atoms with van der Waals surface area (Å²) >= 11 is 7.38. The third-order valence-corrected chi connectivity index (χ3v) is 2.13. The van der Waals surface area contributed by atoms with Crippen molar-refractivity contribution in [3.8, 4) is 0 Å². The number of thiol groups is 2. The Morgan fingerprint density at radius 2 is 1.48 bits per heavy atom. The Hall–Kier alpha value is 1.20. The monoisotopic (exact) mass is 354 g/mol. The zero-order valence-electron chi connectivity index (χ0n) is 14.3. The Morgan fingerprint density at radius 1 is 1.10 bits per heavy atom. The van der Waals surface area contributed by atoms with Crippen molar-refractivity contribution in [2.75, 3.05) is 11.5 Å². The van der Waals surface area contributed by atoms with Crippen molar-refractivity contribution in [1.29, 1.82) is 0 Å². The fourth-order valence-electron chi connectivity index (χ4n) is 0.509. The smallest absolute Gasteiger partial charge is 1.00 e. The maximum Gasteiger partial charge on any atom is 1.00 e. The molecule has 0 spiro atoms. The number of aliphatic carboxylic acids is 2. The standard InChI is InChI=1S/C5H9NO3S.C3H7NO2S.2B.2Na.2H/c1-3(7)6-4(2-10)5(8)9;4-2(1-7)3(5)6;;;;;;/h4,10H,2H2,1H3,(H,6,7)(H,8,9);2,7H,1,4H2,(H,5,6);;;;;;/q;;;;2*+1;2*-1. The minimum Gasteiger partial charge on any atom is -1.00 e. The molecule has 0 rings (SSSR count). The summed E-state index contributed by atoms with van der Waals surface area (Å²) in [5.74, 6) is -2.13. The minimum atomic E-state index is -1.06. The van der Waals surface area contributed by atoms with E-state index in [4.69, 9.17) is 15.9 Å². The summed E-state index contributed by atoms with van der Waals surface area (Å²) in [4.78, 5) is 30.3. The average molecular weight is 354 g/mol. The fraction of sp³-hybridized carbons (Fsp3) is 0.625. The van der Waals surface area contributed by atoms with Gasteiger partial charge in [-0.25, -0.2) is 4.79 Å². The molecule has 0 saturated heterocycles. The van der Waals surface area contributed by atoms with Gasteiger partial charge in [-0.3, -0.25) is 9.59 Å². The molecular weight excluding hydrogens is 336 g/mol. The maximum atomic E-state index is 10.3. The van der Waals surface area contributed by atoms with Crippen molar-refractivity contribution >= 4 is 59.9 Å². The Balaban J connectivity index is -0.0000000267. The summed E-state index contributed by atoms with van der Waals surface area (Å²) in [6.07, 6.45) is 0. The van der Waals surface area contributed by atoms with Gasteiger partial charge in [-0.05, 0) is 0 Å². The molecule has 1 amide bonds. The molecular formula is C8H18B2N2Na2O5S2. The van der Waals surface area contributed by atoms with E-state index in [1.165, 1.54) is 6.92 Å². The number of carboxylic acids is 2. The number of rotatable bonds is 5. The SMILES string of the molecule is CC(=O)NC(CS)C(=O)O.NC(CS)C(=O)O.[B].[B].[H-].[H-].[Na+].[Na+]. The molecule has 7 nitrogen and oxygen atoms in total. The van der Waals surface area contributed by atoms with E-state index >= 15 is 0 Å². The number of carbonyl (C=O) groups is 3. The van der Waals surface area contributed by atoms with E-state index < -0.39 is 24.0 Å². The quantitative estimate of drug-likeness (QED) is 0.215. The van der Waals surface area contributed by atoms with E-state index in [9.17, 15) is 14.4 Å². The second kappa shape index (κ2) is 23.5. The summed E-state index contributed by atoms with van der Waals surface area (Å²) in [6, 6.07) is -1.69. The van der Waals surface area contributed by atoms with Crippen LogP contribution in [0.1, 0.15) is 9.78 Å². The summed E-state index contributed by atoms with van der Waals surface area (Å²) in [6.45, 7) is 1.26. The number of hydrogen-bond donors (Lipinski definition) is 6. The van der Waals surface area contributed by atoms with Gasteiger partial charge in [-0.15, -0.1) is 0 Å².